The van der Waals surface area contributed by atoms with Crippen LogP contribution in [-0.4, -0.2) is 48.9 Å². The molecule has 2 aromatic heterocycles. The third-order valence-corrected chi connectivity index (χ3v) is 4.74. The Bertz CT molecular complexity index is 962. The maximum absolute atomic E-state index is 12.8. The highest BCUT2D eigenvalue weighted by atomic mass is 16.2. The molecule has 0 spiro atoms. The number of aryl methyl sites for hydroxylation is 1. The quantitative estimate of drug-likeness (QED) is 0.766. The minimum atomic E-state index is -0.485. The lowest BCUT2D eigenvalue weighted by Crippen LogP contribution is -2.43. The average molecular weight is 364 g/mol. The second-order valence-corrected chi connectivity index (χ2v) is 6.49. The van der Waals surface area contributed by atoms with Gasteiger partial charge in [0.1, 0.15) is 11.7 Å². The molecule has 0 saturated carbocycles. The van der Waals surface area contributed by atoms with E-state index in [-0.39, 0.29) is 11.8 Å². The van der Waals surface area contributed by atoms with Crippen molar-refractivity contribution in [2.24, 2.45) is 7.05 Å². The highest BCUT2D eigenvalue weighted by Crippen LogP contribution is 2.22. The van der Waals surface area contributed by atoms with Crippen LogP contribution in [0, 0.1) is 0 Å². The van der Waals surface area contributed by atoms with Gasteiger partial charge in [-0.15, -0.1) is 0 Å². The number of anilines is 1. The van der Waals surface area contributed by atoms with Gasteiger partial charge in [0.05, 0.1) is 5.69 Å². The first-order chi connectivity index (χ1) is 13.1. The Hall–Kier alpha value is -3.42. The molecule has 3 aromatic rings. The van der Waals surface area contributed by atoms with Crippen LogP contribution < -0.4 is 5.32 Å². The molecule has 8 nitrogen and oxygen atoms in total. The fourth-order valence-electron chi connectivity index (χ4n) is 3.39. The van der Waals surface area contributed by atoms with E-state index in [4.69, 9.17) is 0 Å². The van der Waals surface area contributed by atoms with E-state index in [1.165, 1.54) is 4.68 Å². The van der Waals surface area contributed by atoms with Gasteiger partial charge < -0.3 is 10.2 Å². The van der Waals surface area contributed by atoms with Crippen molar-refractivity contribution >= 4 is 17.5 Å². The first-order valence-electron chi connectivity index (χ1n) is 8.83. The lowest BCUT2D eigenvalue weighted by molar-refractivity contribution is -0.119. The number of nitrogens with zero attached hydrogens (tertiary/aromatic N) is 5. The summed E-state index contributed by atoms with van der Waals surface area (Å²) in [5, 5.41) is 11.2. The highest BCUT2D eigenvalue weighted by molar-refractivity contribution is 6.01. The summed E-state index contributed by atoms with van der Waals surface area (Å²) in [6.45, 7) is 0.565. The van der Waals surface area contributed by atoms with Gasteiger partial charge in [0.15, 0.2) is 0 Å². The summed E-state index contributed by atoms with van der Waals surface area (Å²) < 4.78 is 3.26. The molecule has 1 unspecified atom stereocenters. The number of benzene rings is 1. The molecular weight excluding hydrogens is 344 g/mol. The Balaban J connectivity index is 1.50. The third-order valence-electron chi connectivity index (χ3n) is 4.74. The summed E-state index contributed by atoms with van der Waals surface area (Å²) in [7, 11) is 1.72. The molecule has 1 aromatic carbocycles. The van der Waals surface area contributed by atoms with E-state index in [2.05, 4.69) is 15.5 Å². The Morgan fingerprint density at radius 1 is 1.15 bits per heavy atom. The summed E-state index contributed by atoms with van der Waals surface area (Å²) in [4.78, 5) is 27.2. The molecule has 3 heterocycles. The number of rotatable bonds is 4. The van der Waals surface area contributed by atoms with E-state index < -0.39 is 6.04 Å². The zero-order valence-electron chi connectivity index (χ0n) is 14.9. The Labute approximate surface area is 156 Å². The first kappa shape index (κ1) is 17.0. The van der Waals surface area contributed by atoms with Crippen LogP contribution in [0.25, 0.3) is 5.69 Å². The Morgan fingerprint density at radius 3 is 2.78 bits per heavy atom. The number of amides is 2. The molecule has 1 saturated heterocycles. The Kier molecular flexibility index (Phi) is 4.45. The largest absolute Gasteiger partial charge is 0.325 e. The molecule has 8 heteroatoms. The zero-order chi connectivity index (χ0) is 18.8. The fourth-order valence-corrected chi connectivity index (χ4v) is 3.39. The molecule has 0 radical (unpaired) electrons. The lowest BCUT2D eigenvalue weighted by atomic mass is 10.2. The van der Waals surface area contributed by atoms with Crippen LogP contribution in [-0.2, 0) is 11.8 Å². The highest BCUT2D eigenvalue weighted by Gasteiger charge is 2.35. The van der Waals surface area contributed by atoms with Gasteiger partial charge in [-0.1, -0.05) is 6.07 Å². The van der Waals surface area contributed by atoms with E-state index in [1.54, 1.807) is 35.1 Å². The molecule has 1 aliphatic heterocycles. The predicted molar refractivity (Wildman–Crippen MR) is 99.5 cm³/mol. The number of likely N-dealkylation sites (tertiary alicyclic amines) is 1. The average Bonchev–Trinajstić information content (AvgIpc) is 3.42. The molecule has 0 bridgehead atoms. The van der Waals surface area contributed by atoms with Crippen molar-refractivity contribution < 1.29 is 9.59 Å². The molecule has 138 valence electrons. The first-order valence-corrected chi connectivity index (χ1v) is 8.83. The number of nitrogens with one attached hydrogen (secondary N) is 1. The van der Waals surface area contributed by atoms with Crippen molar-refractivity contribution in [1.82, 2.24) is 24.5 Å². The van der Waals surface area contributed by atoms with Crippen LogP contribution in [0.4, 0.5) is 5.69 Å². The molecule has 1 aliphatic rings. The number of hydrogen-bond acceptors (Lipinski definition) is 4. The summed E-state index contributed by atoms with van der Waals surface area (Å²) in [6, 6.07) is 10.5. The molecule has 4 rings (SSSR count). The molecule has 1 atom stereocenters. The van der Waals surface area contributed by atoms with E-state index in [0.717, 1.165) is 12.1 Å². The van der Waals surface area contributed by atoms with Crippen molar-refractivity contribution in [1.29, 1.82) is 0 Å². The normalized spacial score (nSPS) is 16.5. The fraction of sp³-hybridized carbons (Fsp3) is 0.263. The SMILES string of the molecule is Cn1nccc1C(=O)N1CCCC1C(=O)Nc1cccc(-n2cccn2)c1. The number of aromatic nitrogens is 4. The molecule has 27 heavy (non-hydrogen) atoms. The second kappa shape index (κ2) is 7.06. The lowest BCUT2D eigenvalue weighted by Gasteiger charge is -2.24. The third kappa shape index (κ3) is 3.33. The van der Waals surface area contributed by atoms with Crippen molar-refractivity contribution in [3.63, 3.8) is 0 Å². The smallest absolute Gasteiger partial charge is 0.272 e. The molecular formula is C19H20N6O2. The van der Waals surface area contributed by atoms with Crippen LogP contribution in [0.5, 0.6) is 0 Å². The van der Waals surface area contributed by atoms with Gasteiger partial charge in [-0.3, -0.25) is 14.3 Å². The molecule has 1 N–H and O–H groups in total. The van der Waals surface area contributed by atoms with Gasteiger partial charge in [-0.25, -0.2) is 4.68 Å². The van der Waals surface area contributed by atoms with Crippen molar-refractivity contribution in [3.8, 4) is 5.69 Å². The molecule has 1 fully saturated rings. The van der Waals surface area contributed by atoms with Gasteiger partial charge >= 0.3 is 0 Å². The van der Waals surface area contributed by atoms with Crippen LogP contribution in [0.1, 0.15) is 23.3 Å². The maximum atomic E-state index is 12.8. The topological polar surface area (TPSA) is 85.0 Å². The van der Waals surface area contributed by atoms with Gasteiger partial charge in [-0.2, -0.15) is 10.2 Å². The van der Waals surface area contributed by atoms with E-state index in [1.807, 2.05) is 36.5 Å². The number of carbonyl (C=O) groups is 2. The van der Waals surface area contributed by atoms with Crippen LogP contribution in [0.15, 0.2) is 55.0 Å². The number of hydrogen-bond donors (Lipinski definition) is 1. The molecule has 2 amide bonds. The van der Waals surface area contributed by atoms with Crippen molar-refractivity contribution in [2.75, 3.05) is 11.9 Å². The minimum Gasteiger partial charge on any atom is -0.325 e. The summed E-state index contributed by atoms with van der Waals surface area (Å²) in [6.07, 6.45) is 6.57. The van der Waals surface area contributed by atoms with Crippen molar-refractivity contribution in [2.45, 2.75) is 18.9 Å². The van der Waals surface area contributed by atoms with E-state index >= 15 is 0 Å². The van der Waals surface area contributed by atoms with Crippen LogP contribution in [0.3, 0.4) is 0 Å². The zero-order valence-corrected chi connectivity index (χ0v) is 14.9. The van der Waals surface area contributed by atoms with Crippen LogP contribution >= 0.6 is 0 Å². The van der Waals surface area contributed by atoms with Gasteiger partial charge in [-0.05, 0) is 43.2 Å². The van der Waals surface area contributed by atoms with Gasteiger partial charge in [0.2, 0.25) is 5.91 Å². The second-order valence-electron chi connectivity index (χ2n) is 6.49. The van der Waals surface area contributed by atoms with Gasteiger partial charge in [0.25, 0.3) is 5.91 Å². The van der Waals surface area contributed by atoms with Crippen LogP contribution in [0.2, 0.25) is 0 Å². The van der Waals surface area contributed by atoms with Crippen molar-refractivity contribution in [3.05, 3.63) is 60.7 Å². The predicted octanol–water partition coefficient (Wildman–Crippen LogP) is 1.85. The summed E-state index contributed by atoms with van der Waals surface area (Å²) in [5.74, 6) is -0.349. The number of carbonyl (C=O) groups excluding carboxylic acids is 2. The van der Waals surface area contributed by atoms with E-state index in [0.29, 0.717) is 24.3 Å². The standard InChI is InChI=1S/C19H20N6O2/c1-23-17(8-10-20-23)19(27)24-11-3-7-16(24)18(26)22-14-5-2-6-15(13-14)25-12-4-9-21-25/h2,4-6,8-10,12-13,16H,3,7,11H2,1H3,(H,22,26). The molecule has 0 aliphatic carbocycles. The van der Waals surface area contributed by atoms with Gasteiger partial charge in [0, 0.05) is 37.9 Å². The Morgan fingerprint density at radius 2 is 2.04 bits per heavy atom. The van der Waals surface area contributed by atoms with E-state index in [9.17, 15) is 9.59 Å². The minimum absolute atomic E-state index is 0.169. The maximum Gasteiger partial charge on any atom is 0.272 e. The summed E-state index contributed by atoms with van der Waals surface area (Å²) in [5.41, 5.74) is 2.01. The summed E-state index contributed by atoms with van der Waals surface area (Å²) >= 11 is 0. The monoisotopic (exact) mass is 364 g/mol.